The molecule has 0 spiro atoms. The Bertz CT molecular complexity index is 548. The van der Waals surface area contributed by atoms with Gasteiger partial charge >= 0.3 is 0 Å². The van der Waals surface area contributed by atoms with E-state index >= 15 is 0 Å². The van der Waals surface area contributed by atoms with E-state index in [1.807, 2.05) is 24.3 Å². The van der Waals surface area contributed by atoms with Gasteiger partial charge in [0.1, 0.15) is 5.82 Å². The molecule has 0 aliphatic rings. The van der Waals surface area contributed by atoms with Gasteiger partial charge in [0, 0.05) is 4.47 Å². The first-order valence-electron chi connectivity index (χ1n) is 5.39. The van der Waals surface area contributed by atoms with Crippen LogP contribution in [0.1, 0.15) is 11.3 Å². The zero-order valence-corrected chi connectivity index (χ0v) is 11.9. The predicted octanol–water partition coefficient (Wildman–Crippen LogP) is 3.80. The molecule has 1 aromatic carbocycles. The van der Waals surface area contributed by atoms with E-state index in [0.29, 0.717) is 29.7 Å². The van der Waals surface area contributed by atoms with E-state index in [4.69, 9.17) is 22.1 Å². The normalized spacial score (nSPS) is 10.6. The Morgan fingerprint density at radius 1 is 1.17 bits per heavy atom. The van der Waals surface area contributed by atoms with Crippen LogP contribution in [0.5, 0.6) is 0 Å². The number of benzene rings is 1. The minimum Gasteiger partial charge on any atom is -0.384 e. The lowest BCUT2D eigenvalue weighted by atomic mass is 10.2. The summed E-state index contributed by atoms with van der Waals surface area (Å²) < 4.78 is 6.61. The molecule has 5 heteroatoms. The highest BCUT2D eigenvalue weighted by molar-refractivity contribution is 9.10. The standard InChI is InChI=1S/C13H12BrClN2O/c14-10-4-2-1-3-9(10)7-18-8-12-11(15)5-6-13(16)17-12/h1-6H,7-8H2,(H2,16,17). The second-order valence-electron chi connectivity index (χ2n) is 3.75. The van der Waals surface area contributed by atoms with E-state index in [2.05, 4.69) is 20.9 Å². The smallest absolute Gasteiger partial charge is 0.123 e. The van der Waals surface area contributed by atoms with Crippen LogP contribution in [0.4, 0.5) is 5.82 Å². The number of halogens is 2. The Labute approximate surface area is 119 Å². The molecule has 2 N–H and O–H groups in total. The van der Waals surface area contributed by atoms with Gasteiger partial charge in [0.05, 0.1) is 23.9 Å². The molecule has 2 rings (SSSR count). The van der Waals surface area contributed by atoms with Crippen molar-refractivity contribution in [2.75, 3.05) is 5.73 Å². The van der Waals surface area contributed by atoms with Crippen LogP contribution in [0.3, 0.4) is 0 Å². The minimum atomic E-state index is 0.338. The number of hydrogen-bond donors (Lipinski definition) is 1. The van der Waals surface area contributed by atoms with E-state index in [1.165, 1.54) is 0 Å². The minimum absolute atomic E-state index is 0.338. The summed E-state index contributed by atoms with van der Waals surface area (Å²) in [5, 5.41) is 0.566. The number of hydrogen-bond acceptors (Lipinski definition) is 3. The van der Waals surface area contributed by atoms with Crippen molar-refractivity contribution in [3.05, 3.63) is 57.2 Å². The first kappa shape index (κ1) is 13.3. The average Bonchev–Trinajstić information content (AvgIpc) is 2.36. The quantitative estimate of drug-likeness (QED) is 0.929. The van der Waals surface area contributed by atoms with Gasteiger partial charge in [-0.05, 0) is 23.8 Å². The Morgan fingerprint density at radius 2 is 1.94 bits per heavy atom. The number of ether oxygens (including phenoxy) is 1. The lowest BCUT2D eigenvalue weighted by Crippen LogP contribution is -2.00. The number of anilines is 1. The van der Waals surface area contributed by atoms with Crippen LogP contribution < -0.4 is 5.73 Å². The van der Waals surface area contributed by atoms with Gasteiger partial charge in [-0.15, -0.1) is 0 Å². The average molecular weight is 328 g/mol. The summed E-state index contributed by atoms with van der Waals surface area (Å²) in [5.41, 5.74) is 7.34. The third-order valence-electron chi connectivity index (χ3n) is 2.39. The third kappa shape index (κ3) is 3.45. The molecule has 2 aromatic rings. The van der Waals surface area contributed by atoms with E-state index in [9.17, 15) is 0 Å². The molecule has 0 atom stereocenters. The van der Waals surface area contributed by atoms with Crippen molar-refractivity contribution in [2.45, 2.75) is 13.2 Å². The summed E-state index contributed by atoms with van der Waals surface area (Å²) in [6, 6.07) is 11.3. The van der Waals surface area contributed by atoms with Gasteiger partial charge in [-0.25, -0.2) is 4.98 Å². The fourth-order valence-corrected chi connectivity index (χ4v) is 2.03. The summed E-state index contributed by atoms with van der Waals surface area (Å²) in [7, 11) is 0. The van der Waals surface area contributed by atoms with Crippen molar-refractivity contribution in [1.29, 1.82) is 0 Å². The van der Waals surface area contributed by atoms with Crippen molar-refractivity contribution < 1.29 is 4.74 Å². The van der Waals surface area contributed by atoms with E-state index in [0.717, 1.165) is 10.0 Å². The van der Waals surface area contributed by atoms with Crippen LogP contribution >= 0.6 is 27.5 Å². The fraction of sp³-hybridized carbons (Fsp3) is 0.154. The second-order valence-corrected chi connectivity index (χ2v) is 5.01. The van der Waals surface area contributed by atoms with Crippen LogP contribution in [0.2, 0.25) is 5.02 Å². The fourth-order valence-electron chi connectivity index (χ4n) is 1.48. The molecular weight excluding hydrogens is 316 g/mol. The van der Waals surface area contributed by atoms with Gasteiger partial charge in [0.25, 0.3) is 0 Å². The maximum absolute atomic E-state index is 6.00. The molecule has 0 fully saturated rings. The molecule has 1 aromatic heterocycles. The lowest BCUT2D eigenvalue weighted by Gasteiger charge is -2.07. The molecule has 0 saturated carbocycles. The first-order chi connectivity index (χ1) is 8.66. The highest BCUT2D eigenvalue weighted by Gasteiger charge is 2.04. The monoisotopic (exact) mass is 326 g/mol. The van der Waals surface area contributed by atoms with E-state index in [-0.39, 0.29) is 0 Å². The summed E-state index contributed by atoms with van der Waals surface area (Å²) in [6.07, 6.45) is 0. The molecule has 0 saturated heterocycles. The van der Waals surface area contributed by atoms with Crippen LogP contribution in [-0.2, 0) is 18.0 Å². The van der Waals surface area contributed by atoms with Crippen LogP contribution in [0, 0.1) is 0 Å². The van der Waals surface area contributed by atoms with Gasteiger partial charge in [0.2, 0.25) is 0 Å². The Hall–Kier alpha value is -1.10. The number of nitrogens with two attached hydrogens (primary N) is 1. The molecule has 0 amide bonds. The molecule has 0 bridgehead atoms. The van der Waals surface area contributed by atoms with Crippen molar-refractivity contribution in [1.82, 2.24) is 4.98 Å². The SMILES string of the molecule is Nc1ccc(Cl)c(COCc2ccccc2Br)n1. The van der Waals surface area contributed by atoms with Crippen LogP contribution in [-0.4, -0.2) is 4.98 Å². The van der Waals surface area contributed by atoms with Crippen molar-refractivity contribution in [3.8, 4) is 0 Å². The Balaban J connectivity index is 1.96. The maximum Gasteiger partial charge on any atom is 0.123 e. The number of nitrogen functional groups attached to an aromatic ring is 1. The molecule has 1 heterocycles. The number of pyridine rings is 1. The lowest BCUT2D eigenvalue weighted by molar-refractivity contribution is 0.104. The Morgan fingerprint density at radius 3 is 2.72 bits per heavy atom. The Kier molecular flexibility index (Phi) is 4.58. The topological polar surface area (TPSA) is 48.1 Å². The van der Waals surface area contributed by atoms with Crippen LogP contribution in [0.25, 0.3) is 0 Å². The number of aromatic nitrogens is 1. The maximum atomic E-state index is 6.00. The zero-order chi connectivity index (χ0) is 13.0. The van der Waals surface area contributed by atoms with E-state index in [1.54, 1.807) is 12.1 Å². The molecule has 0 aliphatic carbocycles. The largest absolute Gasteiger partial charge is 0.384 e. The van der Waals surface area contributed by atoms with Gasteiger partial charge in [0.15, 0.2) is 0 Å². The molecule has 0 unspecified atom stereocenters. The van der Waals surface area contributed by atoms with Crippen molar-refractivity contribution in [2.24, 2.45) is 0 Å². The van der Waals surface area contributed by atoms with Gasteiger partial charge < -0.3 is 10.5 Å². The molecule has 3 nitrogen and oxygen atoms in total. The van der Waals surface area contributed by atoms with Crippen molar-refractivity contribution in [3.63, 3.8) is 0 Å². The number of rotatable bonds is 4. The summed E-state index contributed by atoms with van der Waals surface area (Å²) in [4.78, 5) is 4.14. The second kappa shape index (κ2) is 6.18. The van der Waals surface area contributed by atoms with Gasteiger partial charge in [-0.1, -0.05) is 45.7 Å². The molecule has 18 heavy (non-hydrogen) atoms. The number of nitrogens with zero attached hydrogens (tertiary/aromatic N) is 1. The molecule has 0 aliphatic heterocycles. The molecule has 0 radical (unpaired) electrons. The predicted molar refractivity (Wildman–Crippen MR) is 76.3 cm³/mol. The summed E-state index contributed by atoms with van der Waals surface area (Å²) in [6.45, 7) is 0.833. The van der Waals surface area contributed by atoms with E-state index < -0.39 is 0 Å². The summed E-state index contributed by atoms with van der Waals surface area (Å²) in [5.74, 6) is 0.443. The molecular formula is C13H12BrClN2O. The van der Waals surface area contributed by atoms with Gasteiger partial charge in [-0.3, -0.25) is 0 Å². The van der Waals surface area contributed by atoms with Crippen LogP contribution in [0.15, 0.2) is 40.9 Å². The highest BCUT2D eigenvalue weighted by Crippen LogP contribution is 2.19. The summed E-state index contributed by atoms with van der Waals surface area (Å²) >= 11 is 9.47. The first-order valence-corrected chi connectivity index (χ1v) is 6.56. The molecule has 94 valence electrons. The third-order valence-corrected chi connectivity index (χ3v) is 3.51. The zero-order valence-electron chi connectivity index (χ0n) is 9.57. The highest BCUT2D eigenvalue weighted by atomic mass is 79.9. The van der Waals surface area contributed by atoms with Crippen molar-refractivity contribution >= 4 is 33.3 Å². The van der Waals surface area contributed by atoms with Gasteiger partial charge in [-0.2, -0.15) is 0 Å².